The van der Waals surface area contributed by atoms with Crippen LogP contribution in [-0.4, -0.2) is 51.7 Å². The Morgan fingerprint density at radius 1 is 1.30 bits per heavy atom. The Morgan fingerprint density at radius 3 is 2.80 bits per heavy atom. The molecule has 1 amide bonds. The van der Waals surface area contributed by atoms with Crippen LogP contribution in [0.3, 0.4) is 0 Å². The summed E-state index contributed by atoms with van der Waals surface area (Å²) >= 11 is 1.73. The van der Waals surface area contributed by atoms with Crippen LogP contribution < -0.4 is 0 Å². The van der Waals surface area contributed by atoms with Crippen molar-refractivity contribution in [3.05, 3.63) is 40.8 Å². The van der Waals surface area contributed by atoms with Gasteiger partial charge >= 0.3 is 0 Å². The van der Waals surface area contributed by atoms with Crippen LogP contribution >= 0.6 is 11.3 Å². The molecule has 5 nitrogen and oxygen atoms in total. The first kappa shape index (κ1) is 13.3. The molecule has 2 aromatic rings. The van der Waals surface area contributed by atoms with Crippen LogP contribution in [0.15, 0.2) is 35.3 Å². The van der Waals surface area contributed by atoms with E-state index in [4.69, 9.17) is 0 Å². The maximum Gasteiger partial charge on any atom is 0.244 e. The van der Waals surface area contributed by atoms with E-state index in [0.29, 0.717) is 6.54 Å². The standard InChI is InChI=1S/C14H18N4OS/c19-14(11-18-4-1-3-15-18)17-7-5-16(6-8-17)10-13-2-9-20-12-13/h1-4,9,12H,5-8,10-11H2. The molecule has 1 saturated heterocycles. The zero-order valence-electron chi connectivity index (χ0n) is 11.3. The molecule has 0 spiro atoms. The average Bonchev–Trinajstić information content (AvgIpc) is 3.13. The van der Waals surface area contributed by atoms with Crippen molar-refractivity contribution in [3.8, 4) is 0 Å². The molecule has 0 aromatic carbocycles. The summed E-state index contributed by atoms with van der Waals surface area (Å²) in [5, 5.41) is 8.38. The molecule has 106 valence electrons. The maximum atomic E-state index is 12.1. The van der Waals surface area contributed by atoms with Gasteiger partial charge in [0.25, 0.3) is 0 Å². The first-order chi connectivity index (χ1) is 9.81. The number of hydrogen-bond acceptors (Lipinski definition) is 4. The number of nitrogens with zero attached hydrogens (tertiary/aromatic N) is 4. The van der Waals surface area contributed by atoms with E-state index >= 15 is 0 Å². The number of amides is 1. The summed E-state index contributed by atoms with van der Waals surface area (Å²) in [7, 11) is 0. The second-order valence-corrected chi connectivity index (χ2v) is 5.77. The lowest BCUT2D eigenvalue weighted by Gasteiger charge is -2.34. The summed E-state index contributed by atoms with van der Waals surface area (Å²) in [6.45, 7) is 4.85. The van der Waals surface area contributed by atoms with Gasteiger partial charge in [-0.3, -0.25) is 14.4 Å². The van der Waals surface area contributed by atoms with Gasteiger partial charge in [0.15, 0.2) is 0 Å². The molecule has 6 heteroatoms. The van der Waals surface area contributed by atoms with E-state index in [0.717, 1.165) is 32.7 Å². The minimum Gasteiger partial charge on any atom is -0.339 e. The number of rotatable bonds is 4. The van der Waals surface area contributed by atoms with Crippen LogP contribution in [0.25, 0.3) is 0 Å². The zero-order chi connectivity index (χ0) is 13.8. The molecule has 1 aliphatic heterocycles. The lowest BCUT2D eigenvalue weighted by Crippen LogP contribution is -2.49. The SMILES string of the molecule is O=C(Cn1cccn1)N1CCN(Cc2ccsc2)CC1. The van der Waals surface area contributed by atoms with Crippen molar-refractivity contribution >= 4 is 17.2 Å². The summed E-state index contributed by atoms with van der Waals surface area (Å²) in [5.74, 6) is 0.156. The molecule has 0 bridgehead atoms. The van der Waals surface area contributed by atoms with Gasteiger partial charge in [0.05, 0.1) is 0 Å². The molecular weight excluding hydrogens is 272 g/mol. The third-order valence-corrected chi connectivity index (χ3v) is 4.30. The Balaban J connectivity index is 1.47. The Hall–Kier alpha value is -1.66. The summed E-state index contributed by atoms with van der Waals surface area (Å²) in [5.41, 5.74) is 1.37. The predicted octanol–water partition coefficient (Wildman–Crippen LogP) is 1.29. The third kappa shape index (κ3) is 3.26. The largest absolute Gasteiger partial charge is 0.339 e. The number of piperazine rings is 1. The van der Waals surface area contributed by atoms with Crippen molar-refractivity contribution in [2.24, 2.45) is 0 Å². The molecule has 0 atom stereocenters. The molecule has 1 aliphatic rings. The minimum absolute atomic E-state index is 0.156. The van der Waals surface area contributed by atoms with Crippen molar-refractivity contribution < 1.29 is 4.79 Å². The van der Waals surface area contributed by atoms with Gasteiger partial charge in [0.1, 0.15) is 6.54 Å². The van der Waals surface area contributed by atoms with Crippen LogP contribution in [0, 0.1) is 0 Å². The Kier molecular flexibility index (Phi) is 4.13. The van der Waals surface area contributed by atoms with Gasteiger partial charge < -0.3 is 4.90 Å². The van der Waals surface area contributed by atoms with E-state index in [9.17, 15) is 4.79 Å². The highest BCUT2D eigenvalue weighted by atomic mass is 32.1. The summed E-state index contributed by atoms with van der Waals surface area (Å²) < 4.78 is 1.68. The van der Waals surface area contributed by atoms with E-state index in [1.54, 1.807) is 22.2 Å². The fourth-order valence-electron chi connectivity index (χ4n) is 2.43. The molecule has 0 saturated carbocycles. The molecule has 3 heterocycles. The number of aromatic nitrogens is 2. The van der Waals surface area contributed by atoms with E-state index in [1.165, 1.54) is 5.56 Å². The van der Waals surface area contributed by atoms with Gasteiger partial charge in [-0.05, 0) is 28.5 Å². The number of carbonyl (C=O) groups is 1. The fourth-order valence-corrected chi connectivity index (χ4v) is 3.09. The second-order valence-electron chi connectivity index (χ2n) is 4.99. The third-order valence-electron chi connectivity index (χ3n) is 3.57. The summed E-state index contributed by atoms with van der Waals surface area (Å²) in [6.07, 6.45) is 3.52. The fraction of sp³-hybridized carbons (Fsp3) is 0.429. The molecule has 0 aliphatic carbocycles. The molecule has 3 rings (SSSR count). The van der Waals surface area contributed by atoms with Crippen molar-refractivity contribution in [2.45, 2.75) is 13.1 Å². The monoisotopic (exact) mass is 290 g/mol. The number of thiophene rings is 1. The van der Waals surface area contributed by atoms with Crippen molar-refractivity contribution in [2.75, 3.05) is 26.2 Å². The van der Waals surface area contributed by atoms with E-state index in [2.05, 4.69) is 26.8 Å². The smallest absolute Gasteiger partial charge is 0.244 e. The first-order valence-electron chi connectivity index (χ1n) is 6.80. The highest BCUT2D eigenvalue weighted by Crippen LogP contribution is 2.11. The van der Waals surface area contributed by atoms with Crippen molar-refractivity contribution in [3.63, 3.8) is 0 Å². The Labute approximate surface area is 122 Å². The highest BCUT2D eigenvalue weighted by molar-refractivity contribution is 7.07. The van der Waals surface area contributed by atoms with Gasteiger partial charge in [-0.25, -0.2) is 0 Å². The molecule has 0 N–H and O–H groups in total. The normalized spacial score (nSPS) is 16.5. The molecule has 1 fully saturated rings. The van der Waals surface area contributed by atoms with Crippen LogP contribution in [0.5, 0.6) is 0 Å². The minimum atomic E-state index is 0.156. The van der Waals surface area contributed by atoms with Gasteiger partial charge in [-0.1, -0.05) is 0 Å². The molecule has 20 heavy (non-hydrogen) atoms. The van der Waals surface area contributed by atoms with Gasteiger partial charge in [0, 0.05) is 45.1 Å². The summed E-state index contributed by atoms with van der Waals surface area (Å²) in [6, 6.07) is 4.01. The van der Waals surface area contributed by atoms with Gasteiger partial charge in [0.2, 0.25) is 5.91 Å². The van der Waals surface area contributed by atoms with Gasteiger partial charge in [-0.15, -0.1) is 0 Å². The topological polar surface area (TPSA) is 41.4 Å². The first-order valence-corrected chi connectivity index (χ1v) is 7.74. The quantitative estimate of drug-likeness (QED) is 0.852. The maximum absolute atomic E-state index is 12.1. The molecular formula is C14H18N4OS. The predicted molar refractivity (Wildman–Crippen MR) is 78.4 cm³/mol. The van der Waals surface area contributed by atoms with Crippen LogP contribution in [0.2, 0.25) is 0 Å². The Bertz CT molecular complexity index is 530. The highest BCUT2D eigenvalue weighted by Gasteiger charge is 2.21. The second kappa shape index (κ2) is 6.19. The van der Waals surface area contributed by atoms with E-state index < -0.39 is 0 Å². The molecule has 0 radical (unpaired) electrons. The van der Waals surface area contributed by atoms with Crippen LogP contribution in [0.1, 0.15) is 5.56 Å². The van der Waals surface area contributed by atoms with Crippen LogP contribution in [-0.2, 0) is 17.9 Å². The van der Waals surface area contributed by atoms with Gasteiger partial charge in [-0.2, -0.15) is 16.4 Å². The van der Waals surface area contributed by atoms with E-state index in [-0.39, 0.29) is 5.91 Å². The zero-order valence-corrected chi connectivity index (χ0v) is 12.1. The number of carbonyl (C=O) groups excluding carboxylic acids is 1. The molecule has 0 unspecified atom stereocenters. The number of hydrogen-bond donors (Lipinski definition) is 0. The van der Waals surface area contributed by atoms with Crippen LogP contribution in [0.4, 0.5) is 0 Å². The van der Waals surface area contributed by atoms with E-state index in [1.807, 2.05) is 17.2 Å². The summed E-state index contributed by atoms with van der Waals surface area (Å²) in [4.78, 5) is 16.5. The van der Waals surface area contributed by atoms with Crippen molar-refractivity contribution in [1.82, 2.24) is 19.6 Å². The lowest BCUT2D eigenvalue weighted by molar-refractivity contribution is -0.133. The lowest BCUT2D eigenvalue weighted by atomic mass is 10.2. The average molecular weight is 290 g/mol. The van der Waals surface area contributed by atoms with Crippen molar-refractivity contribution in [1.29, 1.82) is 0 Å². The Morgan fingerprint density at radius 2 is 2.15 bits per heavy atom. The molecule has 2 aromatic heterocycles.